The highest BCUT2D eigenvalue weighted by Gasteiger charge is 2.29. The Morgan fingerprint density at radius 2 is 1.94 bits per heavy atom. The zero-order chi connectivity index (χ0) is 22.0. The third-order valence-corrected chi connectivity index (χ3v) is 5.82. The zero-order valence-corrected chi connectivity index (χ0v) is 18.4. The van der Waals surface area contributed by atoms with E-state index in [2.05, 4.69) is 17.2 Å². The Balaban J connectivity index is 1.68. The summed E-state index contributed by atoms with van der Waals surface area (Å²) in [5, 5.41) is 3.45. The van der Waals surface area contributed by atoms with E-state index in [9.17, 15) is 9.59 Å². The largest absolute Gasteiger partial charge is 0.322 e. The van der Waals surface area contributed by atoms with E-state index in [1.54, 1.807) is 31.3 Å². The lowest BCUT2D eigenvalue weighted by atomic mass is 10.1. The molecule has 0 spiro atoms. The van der Waals surface area contributed by atoms with Gasteiger partial charge in [-0.3, -0.25) is 14.5 Å². The first-order valence-corrected chi connectivity index (χ1v) is 10.9. The van der Waals surface area contributed by atoms with Crippen LogP contribution in [0.15, 0.2) is 48.5 Å². The van der Waals surface area contributed by atoms with Crippen molar-refractivity contribution in [2.75, 3.05) is 17.3 Å². The predicted molar refractivity (Wildman–Crippen MR) is 123 cm³/mol. The lowest BCUT2D eigenvalue weighted by molar-refractivity contribution is 0.0992. The van der Waals surface area contributed by atoms with E-state index >= 15 is 0 Å². The lowest BCUT2D eigenvalue weighted by Gasteiger charge is -2.19. The van der Waals surface area contributed by atoms with E-state index in [4.69, 9.17) is 11.6 Å². The van der Waals surface area contributed by atoms with Gasteiger partial charge in [0, 0.05) is 36.3 Å². The number of rotatable bonds is 5. The molecule has 0 fully saturated rings. The summed E-state index contributed by atoms with van der Waals surface area (Å²) >= 11 is 6.06. The molecule has 1 N–H and O–H groups in total. The predicted octanol–water partition coefficient (Wildman–Crippen LogP) is 4.96. The Kier molecular flexibility index (Phi) is 6.09. The zero-order valence-electron chi connectivity index (χ0n) is 17.7. The molecule has 0 radical (unpaired) electrons. The number of halogens is 1. The molecule has 1 aliphatic rings. The molecule has 1 aromatic heterocycles. The molecular formula is C24H25ClN4O2. The number of nitrogens with one attached hydrogen (secondary N) is 1. The highest BCUT2D eigenvalue weighted by molar-refractivity contribution is 6.31. The normalized spacial score (nSPS) is 12.9. The first-order chi connectivity index (χ1) is 15.0. The van der Waals surface area contributed by atoms with Crippen LogP contribution in [0.2, 0.25) is 5.02 Å². The molecule has 0 saturated heterocycles. The smallest absolute Gasteiger partial charge is 0.276 e. The molecule has 7 heteroatoms. The number of hydrogen-bond acceptors (Lipinski definition) is 3. The molecule has 160 valence electrons. The van der Waals surface area contributed by atoms with E-state index < -0.39 is 0 Å². The van der Waals surface area contributed by atoms with E-state index in [-0.39, 0.29) is 11.8 Å². The van der Waals surface area contributed by atoms with Crippen LogP contribution in [0.1, 0.15) is 52.0 Å². The van der Waals surface area contributed by atoms with Crippen molar-refractivity contribution >= 4 is 34.9 Å². The maximum Gasteiger partial charge on any atom is 0.276 e. The monoisotopic (exact) mass is 436 g/mol. The fourth-order valence-corrected chi connectivity index (χ4v) is 4.04. The van der Waals surface area contributed by atoms with Crippen LogP contribution in [0.4, 0.5) is 11.5 Å². The third-order valence-electron chi connectivity index (χ3n) is 5.59. The molecule has 2 amide bonds. The number of amides is 2. The maximum absolute atomic E-state index is 13.3. The van der Waals surface area contributed by atoms with Gasteiger partial charge in [-0.05, 0) is 55.2 Å². The van der Waals surface area contributed by atoms with Crippen LogP contribution in [0.25, 0.3) is 0 Å². The molecule has 0 saturated carbocycles. The van der Waals surface area contributed by atoms with Gasteiger partial charge in [-0.15, -0.1) is 0 Å². The van der Waals surface area contributed by atoms with Crippen LogP contribution in [-0.2, 0) is 19.4 Å². The highest BCUT2D eigenvalue weighted by Crippen LogP contribution is 2.28. The van der Waals surface area contributed by atoms with E-state index in [0.29, 0.717) is 34.3 Å². The molecule has 1 aliphatic heterocycles. The number of carbonyl (C=O) groups excluding carboxylic acids is 2. The van der Waals surface area contributed by atoms with Gasteiger partial charge in [0.15, 0.2) is 11.5 Å². The van der Waals surface area contributed by atoms with Gasteiger partial charge in [-0.25, -0.2) is 4.98 Å². The Morgan fingerprint density at radius 1 is 1.16 bits per heavy atom. The number of anilines is 2. The molecule has 4 rings (SSSR count). The fraction of sp³-hybridized carbons (Fsp3) is 0.292. The summed E-state index contributed by atoms with van der Waals surface area (Å²) in [7, 11) is 1.64. The molecule has 2 heterocycles. The van der Waals surface area contributed by atoms with Gasteiger partial charge in [0.05, 0.1) is 0 Å². The lowest BCUT2D eigenvalue weighted by Crippen LogP contribution is -2.30. The van der Waals surface area contributed by atoms with Gasteiger partial charge in [-0.1, -0.05) is 36.7 Å². The fourth-order valence-electron chi connectivity index (χ4n) is 3.85. The second-order valence-corrected chi connectivity index (χ2v) is 8.12. The van der Waals surface area contributed by atoms with Crippen molar-refractivity contribution in [2.45, 2.75) is 39.2 Å². The molecule has 0 aliphatic carbocycles. The van der Waals surface area contributed by atoms with Crippen LogP contribution in [-0.4, -0.2) is 28.4 Å². The molecule has 6 nitrogen and oxygen atoms in total. The number of fused-ring (bicyclic) bond motifs is 1. The number of nitrogens with zero attached hydrogens (tertiary/aromatic N) is 3. The number of hydrogen-bond donors (Lipinski definition) is 1. The molecule has 2 aromatic carbocycles. The number of aryl methyl sites for hydroxylation is 2. The summed E-state index contributed by atoms with van der Waals surface area (Å²) < 4.78 is 1.94. The minimum absolute atomic E-state index is 0.265. The molecular weight excluding hydrogens is 412 g/mol. The van der Waals surface area contributed by atoms with Gasteiger partial charge in [0.1, 0.15) is 5.82 Å². The topological polar surface area (TPSA) is 67.2 Å². The summed E-state index contributed by atoms with van der Waals surface area (Å²) in [5.74, 6) is 0.660. The number of benzene rings is 2. The van der Waals surface area contributed by atoms with Crippen molar-refractivity contribution in [1.82, 2.24) is 9.55 Å². The number of aromatic nitrogens is 2. The van der Waals surface area contributed by atoms with E-state index in [1.807, 2.05) is 28.8 Å². The minimum Gasteiger partial charge on any atom is -0.322 e. The van der Waals surface area contributed by atoms with Crippen molar-refractivity contribution in [3.8, 4) is 0 Å². The molecule has 0 atom stereocenters. The number of imidazole rings is 1. The van der Waals surface area contributed by atoms with Crippen molar-refractivity contribution < 1.29 is 9.59 Å². The van der Waals surface area contributed by atoms with Crippen molar-refractivity contribution in [1.29, 1.82) is 0 Å². The first-order valence-electron chi connectivity index (χ1n) is 10.5. The van der Waals surface area contributed by atoms with Crippen LogP contribution >= 0.6 is 11.6 Å². The van der Waals surface area contributed by atoms with Gasteiger partial charge in [-0.2, -0.15) is 0 Å². The van der Waals surface area contributed by atoms with E-state index in [1.165, 1.54) is 10.5 Å². The second kappa shape index (κ2) is 8.94. The van der Waals surface area contributed by atoms with Crippen LogP contribution in [0.5, 0.6) is 0 Å². The molecule has 3 aromatic rings. The van der Waals surface area contributed by atoms with Crippen molar-refractivity contribution in [3.63, 3.8) is 0 Å². The molecule has 31 heavy (non-hydrogen) atoms. The summed E-state index contributed by atoms with van der Waals surface area (Å²) in [5.41, 5.74) is 2.77. The second-order valence-electron chi connectivity index (χ2n) is 7.69. The maximum atomic E-state index is 13.3. The van der Waals surface area contributed by atoms with Crippen molar-refractivity contribution in [2.24, 2.45) is 0 Å². The molecule has 0 unspecified atom stereocenters. The van der Waals surface area contributed by atoms with Gasteiger partial charge >= 0.3 is 0 Å². The Morgan fingerprint density at radius 3 is 2.65 bits per heavy atom. The Labute approximate surface area is 186 Å². The Hall–Kier alpha value is -3.12. The minimum atomic E-state index is -0.273. The van der Waals surface area contributed by atoms with E-state index in [0.717, 1.165) is 31.5 Å². The standard InChI is InChI=1S/C24H25ClN4O2/c1-3-16-10-12-19(13-11-16)26-23(30)21-22(27-20-9-4-5-14-29(20)21)28(2)24(31)17-7-6-8-18(25)15-17/h6-8,10-13,15H,3-5,9,14H2,1-2H3,(H,26,30). The first kappa shape index (κ1) is 21.1. The summed E-state index contributed by atoms with van der Waals surface area (Å²) in [6, 6.07) is 14.6. The average molecular weight is 437 g/mol. The summed E-state index contributed by atoms with van der Waals surface area (Å²) in [4.78, 5) is 32.5. The van der Waals surface area contributed by atoms with Crippen LogP contribution in [0, 0.1) is 0 Å². The van der Waals surface area contributed by atoms with Gasteiger partial charge < -0.3 is 9.88 Å². The van der Waals surface area contributed by atoms with Gasteiger partial charge in [0.2, 0.25) is 0 Å². The average Bonchev–Trinajstić information content (AvgIpc) is 3.18. The molecule has 0 bridgehead atoms. The van der Waals surface area contributed by atoms with Crippen LogP contribution < -0.4 is 10.2 Å². The van der Waals surface area contributed by atoms with Gasteiger partial charge in [0.25, 0.3) is 11.8 Å². The summed E-state index contributed by atoms with van der Waals surface area (Å²) in [6.45, 7) is 2.80. The third kappa shape index (κ3) is 4.35. The van der Waals surface area contributed by atoms with Crippen LogP contribution in [0.3, 0.4) is 0 Å². The number of carbonyl (C=O) groups is 2. The highest BCUT2D eigenvalue weighted by atomic mass is 35.5. The quantitative estimate of drug-likeness (QED) is 0.614. The summed E-state index contributed by atoms with van der Waals surface area (Å²) in [6.07, 6.45) is 3.71. The van der Waals surface area contributed by atoms with Crippen molar-refractivity contribution in [3.05, 3.63) is 76.2 Å². The Bertz CT molecular complexity index is 1120. The SMILES string of the molecule is CCc1ccc(NC(=O)c2c(N(C)C(=O)c3cccc(Cl)c3)nc3n2CCCC3)cc1.